The van der Waals surface area contributed by atoms with Gasteiger partial charge in [-0.1, -0.05) is 31.5 Å². The predicted molar refractivity (Wildman–Crippen MR) is 90.5 cm³/mol. The number of hydrogen-bond donors (Lipinski definition) is 0. The van der Waals surface area contributed by atoms with E-state index in [0.29, 0.717) is 10.9 Å². The minimum atomic E-state index is 0.0403. The van der Waals surface area contributed by atoms with Crippen LogP contribution in [0, 0.1) is 0 Å². The van der Waals surface area contributed by atoms with Gasteiger partial charge in [0, 0.05) is 20.0 Å². The summed E-state index contributed by atoms with van der Waals surface area (Å²) in [7, 11) is 1.77. The van der Waals surface area contributed by atoms with E-state index in [4.69, 9.17) is 4.42 Å². The van der Waals surface area contributed by atoms with Gasteiger partial charge in [0.05, 0.1) is 11.8 Å². The molecule has 1 amide bonds. The molecule has 130 valence electrons. The van der Waals surface area contributed by atoms with E-state index >= 15 is 0 Å². The number of thioether (sulfide) groups is 1. The number of furan rings is 1. The lowest BCUT2D eigenvalue weighted by Crippen LogP contribution is -2.36. The molecule has 0 aliphatic carbocycles. The number of aromatic nitrogens is 4. The molecule has 0 aromatic carbocycles. The molecule has 0 bridgehead atoms. The van der Waals surface area contributed by atoms with E-state index in [1.54, 1.807) is 11.7 Å². The fourth-order valence-electron chi connectivity index (χ4n) is 3.02. The van der Waals surface area contributed by atoms with Gasteiger partial charge < -0.3 is 9.32 Å². The number of aryl methyl sites for hydroxylation is 2. The zero-order valence-corrected chi connectivity index (χ0v) is 15.0. The zero-order chi connectivity index (χ0) is 16.9. The second-order valence-electron chi connectivity index (χ2n) is 5.98. The summed E-state index contributed by atoms with van der Waals surface area (Å²) in [4.78, 5) is 14.8. The van der Waals surface area contributed by atoms with Gasteiger partial charge in [-0.15, -0.1) is 5.10 Å². The Morgan fingerprint density at radius 1 is 1.38 bits per heavy atom. The first-order valence-corrected chi connectivity index (χ1v) is 9.41. The summed E-state index contributed by atoms with van der Waals surface area (Å²) in [5.74, 6) is 2.34. The largest absolute Gasteiger partial charge is 0.464 e. The van der Waals surface area contributed by atoms with Crippen molar-refractivity contribution in [3.05, 3.63) is 23.7 Å². The summed E-state index contributed by atoms with van der Waals surface area (Å²) >= 11 is 1.37. The molecule has 1 fully saturated rings. The number of carbonyl (C=O) groups is 1. The highest BCUT2D eigenvalue weighted by atomic mass is 32.2. The standard InChI is InChI=1S/C16H23N5O2S/c1-3-12-8-9-14(23-12)13-7-5-4-6-10-21(13)15(22)11-24-16-17-18-19-20(16)2/h8-9,13H,3-7,10-11H2,1-2H3/t13-/m1/s1. The fraction of sp³-hybridized carbons (Fsp3) is 0.625. The maximum absolute atomic E-state index is 12.8. The highest BCUT2D eigenvalue weighted by Gasteiger charge is 2.29. The second kappa shape index (κ2) is 7.83. The van der Waals surface area contributed by atoms with Gasteiger partial charge in [0.2, 0.25) is 11.1 Å². The van der Waals surface area contributed by atoms with Crippen LogP contribution in [0.3, 0.4) is 0 Å². The summed E-state index contributed by atoms with van der Waals surface area (Å²) in [5, 5.41) is 12.0. The average Bonchev–Trinajstić information content (AvgIpc) is 3.15. The molecule has 0 saturated carbocycles. The number of tetrazole rings is 1. The molecule has 0 spiro atoms. The Balaban J connectivity index is 1.71. The summed E-state index contributed by atoms with van der Waals surface area (Å²) in [6.07, 6.45) is 5.15. The number of amides is 1. The fourth-order valence-corrected chi connectivity index (χ4v) is 3.75. The van der Waals surface area contributed by atoms with Gasteiger partial charge >= 0.3 is 0 Å². The Bertz CT molecular complexity index is 684. The summed E-state index contributed by atoms with van der Waals surface area (Å²) in [6.45, 7) is 2.85. The van der Waals surface area contributed by atoms with Crippen LogP contribution in [0.1, 0.15) is 50.2 Å². The Labute approximate surface area is 145 Å². The van der Waals surface area contributed by atoms with E-state index < -0.39 is 0 Å². The average molecular weight is 349 g/mol. The molecule has 1 aliphatic heterocycles. The number of rotatable bonds is 5. The molecule has 1 atom stereocenters. The lowest BCUT2D eigenvalue weighted by atomic mass is 10.1. The molecule has 3 heterocycles. The summed E-state index contributed by atoms with van der Waals surface area (Å²) in [5.41, 5.74) is 0. The van der Waals surface area contributed by atoms with Gasteiger partial charge in [0.15, 0.2) is 0 Å². The Hall–Kier alpha value is -1.83. The topological polar surface area (TPSA) is 77.1 Å². The molecule has 8 heteroatoms. The van der Waals surface area contributed by atoms with Gasteiger partial charge in [-0.2, -0.15) is 0 Å². The highest BCUT2D eigenvalue weighted by molar-refractivity contribution is 7.99. The van der Waals surface area contributed by atoms with Crippen LogP contribution in [0.2, 0.25) is 0 Å². The van der Waals surface area contributed by atoms with Gasteiger partial charge in [-0.25, -0.2) is 4.68 Å². The lowest BCUT2D eigenvalue weighted by molar-refractivity contribution is -0.131. The van der Waals surface area contributed by atoms with E-state index in [1.165, 1.54) is 11.8 Å². The van der Waals surface area contributed by atoms with Crippen molar-refractivity contribution < 1.29 is 9.21 Å². The summed E-state index contributed by atoms with van der Waals surface area (Å²) < 4.78 is 7.52. The molecule has 3 rings (SSSR count). The monoisotopic (exact) mass is 349 g/mol. The molecule has 0 N–H and O–H groups in total. The highest BCUT2D eigenvalue weighted by Crippen LogP contribution is 2.32. The van der Waals surface area contributed by atoms with Gasteiger partial charge in [0.1, 0.15) is 11.5 Å². The lowest BCUT2D eigenvalue weighted by Gasteiger charge is -2.28. The SMILES string of the molecule is CCc1ccc([C@H]2CCCCCN2C(=O)CSc2nnnn2C)o1. The van der Waals surface area contributed by atoms with Crippen LogP contribution in [-0.4, -0.2) is 43.3 Å². The maximum atomic E-state index is 12.8. The van der Waals surface area contributed by atoms with Crippen molar-refractivity contribution in [1.82, 2.24) is 25.1 Å². The van der Waals surface area contributed by atoms with Crippen molar-refractivity contribution in [1.29, 1.82) is 0 Å². The minimum absolute atomic E-state index is 0.0403. The molecule has 2 aromatic rings. The third kappa shape index (κ3) is 3.80. The van der Waals surface area contributed by atoms with Crippen LogP contribution >= 0.6 is 11.8 Å². The van der Waals surface area contributed by atoms with Crippen LogP contribution in [0.5, 0.6) is 0 Å². The number of nitrogens with zero attached hydrogens (tertiary/aromatic N) is 5. The van der Waals surface area contributed by atoms with Crippen molar-refractivity contribution in [3.8, 4) is 0 Å². The van der Waals surface area contributed by atoms with Gasteiger partial charge in [0.25, 0.3) is 0 Å². The molecular weight excluding hydrogens is 326 g/mol. The first kappa shape index (κ1) is 17.0. The normalized spacial score (nSPS) is 18.6. The van der Waals surface area contributed by atoms with Crippen molar-refractivity contribution >= 4 is 17.7 Å². The van der Waals surface area contributed by atoms with Crippen LogP contribution in [0.15, 0.2) is 21.7 Å². The van der Waals surface area contributed by atoms with Gasteiger partial charge in [-0.05, 0) is 35.4 Å². The van der Waals surface area contributed by atoms with Crippen LogP contribution in [0.4, 0.5) is 0 Å². The Morgan fingerprint density at radius 3 is 2.96 bits per heavy atom. The van der Waals surface area contributed by atoms with Crippen molar-refractivity contribution in [3.63, 3.8) is 0 Å². The molecule has 1 aliphatic rings. The van der Waals surface area contributed by atoms with E-state index in [-0.39, 0.29) is 11.9 Å². The third-order valence-electron chi connectivity index (χ3n) is 4.34. The number of likely N-dealkylation sites (tertiary alicyclic amines) is 1. The zero-order valence-electron chi connectivity index (χ0n) is 14.1. The molecule has 0 unspecified atom stereocenters. The van der Waals surface area contributed by atoms with Crippen molar-refractivity contribution in [2.45, 2.75) is 50.2 Å². The first-order valence-electron chi connectivity index (χ1n) is 8.42. The van der Waals surface area contributed by atoms with E-state index in [2.05, 4.69) is 22.4 Å². The smallest absolute Gasteiger partial charge is 0.233 e. The molecule has 2 aromatic heterocycles. The minimum Gasteiger partial charge on any atom is -0.464 e. The Morgan fingerprint density at radius 2 is 2.25 bits per heavy atom. The predicted octanol–water partition coefficient (Wildman–Crippen LogP) is 2.60. The quantitative estimate of drug-likeness (QED) is 0.772. The van der Waals surface area contributed by atoms with Crippen molar-refractivity contribution in [2.75, 3.05) is 12.3 Å². The summed E-state index contributed by atoms with van der Waals surface area (Å²) in [6, 6.07) is 4.08. The van der Waals surface area contributed by atoms with Crippen LogP contribution in [-0.2, 0) is 18.3 Å². The molecule has 0 radical (unpaired) electrons. The first-order chi connectivity index (χ1) is 11.7. The number of hydrogen-bond acceptors (Lipinski definition) is 6. The second-order valence-corrected chi connectivity index (χ2v) is 6.93. The van der Waals surface area contributed by atoms with Crippen LogP contribution < -0.4 is 0 Å². The van der Waals surface area contributed by atoms with E-state index in [0.717, 1.165) is 50.2 Å². The van der Waals surface area contributed by atoms with E-state index in [1.807, 2.05) is 17.0 Å². The number of carbonyl (C=O) groups excluding carboxylic acids is 1. The van der Waals surface area contributed by atoms with Crippen molar-refractivity contribution in [2.24, 2.45) is 7.05 Å². The third-order valence-corrected chi connectivity index (χ3v) is 5.33. The van der Waals surface area contributed by atoms with E-state index in [9.17, 15) is 4.79 Å². The van der Waals surface area contributed by atoms with Gasteiger partial charge in [-0.3, -0.25) is 4.79 Å². The molecule has 7 nitrogen and oxygen atoms in total. The Kier molecular flexibility index (Phi) is 5.55. The molecule has 24 heavy (non-hydrogen) atoms. The maximum Gasteiger partial charge on any atom is 0.233 e. The molecular formula is C16H23N5O2S. The van der Waals surface area contributed by atoms with Crippen LogP contribution in [0.25, 0.3) is 0 Å². The molecule has 1 saturated heterocycles.